The Morgan fingerprint density at radius 1 is 1.45 bits per heavy atom. The van der Waals surface area contributed by atoms with Crippen molar-refractivity contribution < 1.29 is 60.6 Å². The Morgan fingerprint density at radius 3 is 2.27 bits per heavy atom. The van der Waals surface area contributed by atoms with Crippen molar-refractivity contribution in [3.63, 3.8) is 0 Å². The molecule has 0 radical (unpaired) electrons. The Hall–Kier alpha value is 1.77. The topological polar surface area (TPSA) is 32.3 Å². The average molecular weight is 198 g/mol. The molecule has 1 aliphatic heterocycles. The molecule has 1 aliphatic rings. The summed E-state index contributed by atoms with van der Waals surface area (Å²) >= 11 is 0. The maximum atomic E-state index is 11.5. The van der Waals surface area contributed by atoms with Crippen LogP contribution in [0.3, 0.4) is 0 Å². The molecule has 4 heteroatoms. The quantitative estimate of drug-likeness (QED) is 0.422. The number of hydrogen-bond acceptors (Lipinski definition) is 2. The molecule has 0 amide bonds. The first-order chi connectivity index (χ1) is 4.41. The molecule has 1 atom stereocenters. The van der Waals surface area contributed by atoms with Gasteiger partial charge in [0.15, 0.2) is 0 Å². The van der Waals surface area contributed by atoms with E-state index in [1.807, 2.05) is 13.8 Å². The maximum absolute atomic E-state index is 11.5. The van der Waals surface area contributed by atoms with Crippen LogP contribution < -0.4 is 56.2 Å². The van der Waals surface area contributed by atoms with Crippen LogP contribution in [0.25, 0.3) is 0 Å². The molecule has 0 aliphatic carbocycles. The minimum atomic E-state index is -2.48. The van der Waals surface area contributed by atoms with Crippen molar-refractivity contribution in [1.29, 1.82) is 0 Å². The van der Waals surface area contributed by atoms with Crippen molar-refractivity contribution in [1.82, 2.24) is 0 Å². The summed E-state index contributed by atoms with van der Waals surface area (Å²) in [5.41, 5.74) is -0.138. The second kappa shape index (κ2) is 4.33. The molecule has 2 nitrogen and oxygen atoms in total. The Kier molecular flexibility index (Phi) is 5.02. The molecule has 0 bridgehead atoms. The van der Waals surface area contributed by atoms with Crippen LogP contribution in [0.5, 0.6) is 0 Å². The van der Waals surface area contributed by atoms with Gasteiger partial charge in [0.2, 0.25) is 0 Å². The Morgan fingerprint density at radius 2 is 2.00 bits per heavy atom. The van der Waals surface area contributed by atoms with Crippen LogP contribution in [0, 0.1) is 0 Å². The van der Waals surface area contributed by atoms with Crippen LogP contribution in [0.1, 0.15) is 26.7 Å². The molecule has 1 unspecified atom stereocenters. The summed E-state index contributed by atoms with van der Waals surface area (Å²) < 4.78 is 5.44. The molecule has 1 saturated heterocycles. The van der Waals surface area contributed by atoms with E-state index in [4.69, 9.17) is 4.43 Å². The van der Waals surface area contributed by atoms with Crippen molar-refractivity contribution in [2.45, 2.75) is 44.9 Å². The molecule has 0 aromatic carbocycles. The third-order valence-electron chi connectivity index (χ3n) is 1.90. The summed E-state index contributed by atoms with van der Waals surface area (Å²) in [7, 11) is -2.48. The molecule has 11 heavy (non-hydrogen) atoms. The van der Waals surface area contributed by atoms with E-state index in [9.17, 15) is 4.80 Å². The minimum Gasteiger partial charge on any atom is -0.838 e. The largest absolute Gasteiger partial charge is 1.00 e. The van der Waals surface area contributed by atoms with Gasteiger partial charge in [-0.3, -0.25) is 0 Å². The van der Waals surface area contributed by atoms with Gasteiger partial charge in [0, 0.05) is 5.60 Å². The van der Waals surface area contributed by atoms with Crippen LogP contribution in [-0.2, 0) is 4.43 Å². The van der Waals surface area contributed by atoms with Crippen molar-refractivity contribution >= 4 is 8.56 Å². The summed E-state index contributed by atoms with van der Waals surface area (Å²) in [5, 5.41) is 0. The normalized spacial score (nSPS) is 36.0. The van der Waals surface area contributed by atoms with Crippen molar-refractivity contribution in [3.8, 4) is 0 Å². The fraction of sp³-hybridized carbons (Fsp3) is 1.00. The van der Waals surface area contributed by atoms with Gasteiger partial charge in [-0.15, -0.1) is 0 Å². The van der Waals surface area contributed by atoms with Gasteiger partial charge in [0.1, 0.15) is 0 Å². The third kappa shape index (κ3) is 4.52. The Balaban J connectivity index is 0.000001000. The zero-order chi connectivity index (χ0) is 7.83. The van der Waals surface area contributed by atoms with Gasteiger partial charge in [0.25, 0.3) is 0 Å². The standard InChI is InChI=1S/C7H15O2Si.K/c1-7(2)5-4-6-10(3,8)9-7;/h4-6H2,1-3H3;/q-1;+1. The van der Waals surface area contributed by atoms with E-state index < -0.39 is 8.56 Å². The molecule has 1 rings (SSSR count). The first kappa shape index (κ1) is 12.8. The predicted octanol–water partition coefficient (Wildman–Crippen LogP) is -1.99. The molecule has 1 fully saturated rings. The smallest absolute Gasteiger partial charge is 0.838 e. The first-order valence-corrected chi connectivity index (χ1v) is 6.34. The van der Waals surface area contributed by atoms with Gasteiger partial charge in [0.05, 0.1) is 8.56 Å². The summed E-state index contributed by atoms with van der Waals surface area (Å²) in [6.45, 7) is 5.78. The molecule has 0 aromatic heterocycles. The predicted molar refractivity (Wildman–Crippen MR) is 40.8 cm³/mol. The Labute approximate surface area is 112 Å². The minimum absolute atomic E-state index is 0. The molecule has 0 spiro atoms. The van der Waals surface area contributed by atoms with Crippen molar-refractivity contribution in [3.05, 3.63) is 0 Å². The van der Waals surface area contributed by atoms with Gasteiger partial charge in [-0.25, -0.2) is 0 Å². The van der Waals surface area contributed by atoms with Crippen LogP contribution >= 0.6 is 0 Å². The van der Waals surface area contributed by atoms with E-state index in [1.54, 1.807) is 6.55 Å². The van der Waals surface area contributed by atoms with Crippen molar-refractivity contribution in [2.75, 3.05) is 0 Å². The zero-order valence-electron chi connectivity index (χ0n) is 7.94. The van der Waals surface area contributed by atoms with Crippen LogP contribution in [0.2, 0.25) is 12.6 Å². The fourth-order valence-electron chi connectivity index (χ4n) is 1.52. The third-order valence-corrected chi connectivity index (χ3v) is 4.15. The van der Waals surface area contributed by atoms with Crippen LogP contribution in [0.15, 0.2) is 0 Å². The number of hydrogen-bond donors (Lipinski definition) is 0. The van der Waals surface area contributed by atoms with E-state index in [-0.39, 0.29) is 57.0 Å². The second-order valence-electron chi connectivity index (χ2n) is 3.85. The zero-order valence-corrected chi connectivity index (χ0v) is 12.1. The monoisotopic (exact) mass is 198 g/mol. The molecule has 0 aromatic rings. The molecular weight excluding hydrogens is 183 g/mol. The summed E-state index contributed by atoms with van der Waals surface area (Å²) in [6, 6.07) is 0.788. The summed E-state index contributed by atoms with van der Waals surface area (Å²) in [5.74, 6) is 0. The maximum Gasteiger partial charge on any atom is 1.00 e. The van der Waals surface area contributed by atoms with E-state index in [2.05, 4.69) is 0 Å². The van der Waals surface area contributed by atoms with E-state index >= 15 is 0 Å². The van der Waals surface area contributed by atoms with Gasteiger partial charge >= 0.3 is 51.4 Å². The van der Waals surface area contributed by atoms with E-state index in [1.165, 1.54) is 0 Å². The van der Waals surface area contributed by atoms with Crippen LogP contribution in [-0.4, -0.2) is 14.2 Å². The average Bonchev–Trinajstić information content (AvgIpc) is 1.56. The van der Waals surface area contributed by atoms with Gasteiger partial charge in [-0.05, 0) is 26.3 Å². The summed E-state index contributed by atoms with van der Waals surface area (Å²) in [6.07, 6.45) is 2.09. The van der Waals surface area contributed by atoms with Crippen molar-refractivity contribution in [2.24, 2.45) is 0 Å². The molecule has 1 heterocycles. The SMILES string of the molecule is CC1(C)CCC[Si](C)([O-])O1.[K+]. The van der Waals surface area contributed by atoms with E-state index in [0.29, 0.717) is 0 Å². The van der Waals surface area contributed by atoms with E-state index in [0.717, 1.165) is 18.9 Å². The molecule has 60 valence electrons. The molecule has 0 N–H and O–H groups in total. The summed E-state index contributed by atoms with van der Waals surface area (Å²) in [4.78, 5) is 11.5. The van der Waals surface area contributed by atoms with Crippen LogP contribution in [0.4, 0.5) is 0 Å². The fourth-order valence-corrected chi connectivity index (χ4v) is 3.71. The molecule has 0 saturated carbocycles. The second-order valence-corrected chi connectivity index (χ2v) is 6.82. The molecular formula is C7H15KO2Si. The first-order valence-electron chi connectivity index (χ1n) is 3.82. The Bertz CT molecular complexity index is 122. The van der Waals surface area contributed by atoms with Gasteiger partial charge < -0.3 is 9.22 Å². The van der Waals surface area contributed by atoms with Gasteiger partial charge in [-0.2, -0.15) is 0 Å². The number of rotatable bonds is 0. The van der Waals surface area contributed by atoms with Gasteiger partial charge in [-0.1, -0.05) is 13.0 Å².